The van der Waals surface area contributed by atoms with E-state index in [-0.39, 0.29) is 0 Å². The summed E-state index contributed by atoms with van der Waals surface area (Å²) in [5.41, 5.74) is 10.7. The highest BCUT2D eigenvalue weighted by atomic mass is 32.1. The van der Waals surface area contributed by atoms with E-state index in [2.05, 4.69) is 158 Å². The summed E-state index contributed by atoms with van der Waals surface area (Å²) < 4.78 is 2.75. The molecular weight excluding hydrogens is 561 g/mol. The molecule has 0 nitrogen and oxygen atoms in total. The first-order valence-electron chi connectivity index (χ1n) is 15.8. The van der Waals surface area contributed by atoms with Gasteiger partial charge < -0.3 is 0 Å². The van der Waals surface area contributed by atoms with Crippen molar-refractivity contribution < 1.29 is 0 Å². The van der Waals surface area contributed by atoms with E-state index in [0.29, 0.717) is 11.8 Å². The number of benzene rings is 7. The molecule has 0 amide bonds. The van der Waals surface area contributed by atoms with Gasteiger partial charge in [0.2, 0.25) is 0 Å². The molecular formula is C44H28S. The number of thiophene rings is 1. The van der Waals surface area contributed by atoms with Gasteiger partial charge in [-0.3, -0.25) is 0 Å². The van der Waals surface area contributed by atoms with Gasteiger partial charge in [-0.05, 0) is 84.3 Å². The van der Waals surface area contributed by atoms with Crippen molar-refractivity contribution in [3.05, 3.63) is 169 Å². The third-order valence-corrected chi connectivity index (χ3v) is 11.3. The molecule has 210 valence electrons. The molecule has 0 spiro atoms. The van der Waals surface area contributed by atoms with Crippen LogP contribution in [0.25, 0.3) is 75.1 Å². The Kier molecular flexibility index (Phi) is 5.38. The fourth-order valence-electron chi connectivity index (χ4n) is 7.84. The second kappa shape index (κ2) is 9.63. The molecule has 0 saturated carbocycles. The third kappa shape index (κ3) is 3.78. The Labute approximate surface area is 266 Å². The molecule has 2 aliphatic rings. The van der Waals surface area contributed by atoms with Crippen molar-refractivity contribution in [2.45, 2.75) is 11.8 Å². The van der Waals surface area contributed by atoms with Gasteiger partial charge in [0.15, 0.2) is 0 Å². The van der Waals surface area contributed by atoms with Crippen LogP contribution < -0.4 is 0 Å². The second-order valence-corrected chi connectivity index (χ2v) is 13.5. The Morgan fingerprint density at radius 1 is 0.378 bits per heavy atom. The van der Waals surface area contributed by atoms with Crippen molar-refractivity contribution in [3.8, 4) is 33.4 Å². The van der Waals surface area contributed by atoms with Crippen molar-refractivity contribution in [1.82, 2.24) is 0 Å². The fraction of sp³-hybridized carbons (Fsp3) is 0.0455. The van der Waals surface area contributed by atoms with E-state index < -0.39 is 0 Å². The van der Waals surface area contributed by atoms with Gasteiger partial charge in [0.1, 0.15) is 0 Å². The molecule has 8 aromatic rings. The van der Waals surface area contributed by atoms with Crippen LogP contribution >= 0.6 is 11.3 Å². The average molecular weight is 589 g/mol. The fourth-order valence-corrected chi connectivity index (χ4v) is 9.21. The SMILES string of the molecule is C1=CC2c3cc(-c4ccc5ccccc5c4)ccc3-c3ccc(-c4cccc5c4sc4c6ccccc6ccc54)cc3C2C=C1. The lowest BCUT2D eigenvalue weighted by Crippen LogP contribution is -2.16. The Morgan fingerprint density at radius 2 is 0.978 bits per heavy atom. The smallest absolute Gasteiger partial charge is 0.0434 e. The third-order valence-electron chi connectivity index (χ3n) is 10.0. The van der Waals surface area contributed by atoms with Crippen LogP contribution in [0, 0.1) is 0 Å². The lowest BCUT2D eigenvalue weighted by molar-refractivity contribution is 0.720. The highest BCUT2D eigenvalue weighted by molar-refractivity contribution is 7.27. The molecule has 1 aromatic heterocycles. The first-order valence-corrected chi connectivity index (χ1v) is 16.6. The normalized spacial score (nSPS) is 16.7. The number of fused-ring (bicyclic) bond motifs is 12. The first kappa shape index (κ1) is 25.1. The van der Waals surface area contributed by atoms with Crippen molar-refractivity contribution in [3.63, 3.8) is 0 Å². The van der Waals surface area contributed by atoms with Crippen LogP contribution in [0.2, 0.25) is 0 Å². The van der Waals surface area contributed by atoms with Gasteiger partial charge in [0, 0.05) is 32.0 Å². The van der Waals surface area contributed by atoms with Crippen LogP contribution in [0.4, 0.5) is 0 Å². The van der Waals surface area contributed by atoms with E-state index in [1.165, 1.54) is 86.2 Å². The molecule has 2 aliphatic carbocycles. The van der Waals surface area contributed by atoms with Gasteiger partial charge in [0.05, 0.1) is 0 Å². The zero-order chi connectivity index (χ0) is 29.5. The molecule has 0 fully saturated rings. The maximum atomic E-state index is 2.48. The highest BCUT2D eigenvalue weighted by Crippen LogP contribution is 2.52. The summed E-state index contributed by atoms with van der Waals surface area (Å²) in [4.78, 5) is 0. The van der Waals surface area contributed by atoms with E-state index in [1.54, 1.807) is 0 Å². The number of allylic oxidation sites excluding steroid dienone is 4. The van der Waals surface area contributed by atoms with Crippen LogP contribution in [0.1, 0.15) is 23.0 Å². The van der Waals surface area contributed by atoms with Gasteiger partial charge in [-0.25, -0.2) is 0 Å². The zero-order valence-electron chi connectivity index (χ0n) is 24.6. The van der Waals surface area contributed by atoms with Gasteiger partial charge in [-0.1, -0.05) is 140 Å². The van der Waals surface area contributed by atoms with Crippen LogP contribution in [0.5, 0.6) is 0 Å². The molecule has 2 unspecified atom stereocenters. The van der Waals surface area contributed by atoms with Crippen molar-refractivity contribution in [1.29, 1.82) is 0 Å². The molecule has 0 bridgehead atoms. The molecule has 2 atom stereocenters. The summed E-state index contributed by atoms with van der Waals surface area (Å²) in [6.07, 6.45) is 9.27. The topological polar surface area (TPSA) is 0 Å². The molecule has 1 heteroatoms. The van der Waals surface area contributed by atoms with Gasteiger partial charge in [-0.15, -0.1) is 11.3 Å². The van der Waals surface area contributed by atoms with Crippen molar-refractivity contribution in [2.75, 3.05) is 0 Å². The van der Waals surface area contributed by atoms with Gasteiger partial charge in [0.25, 0.3) is 0 Å². The molecule has 7 aromatic carbocycles. The molecule has 0 radical (unpaired) electrons. The zero-order valence-corrected chi connectivity index (χ0v) is 25.4. The molecule has 1 heterocycles. The molecule has 10 rings (SSSR count). The predicted octanol–water partition coefficient (Wildman–Crippen LogP) is 12.7. The summed E-state index contributed by atoms with van der Waals surface area (Å²) >= 11 is 1.94. The standard InChI is InChI=1S/C44H28S/c1-2-10-29-24-30(17-16-27(29)8-1)31-19-21-37-38-22-20-32(26-42(38)36-13-6-5-12-35(36)41(37)25-31)34-14-7-15-39-40-23-18-28-9-3-4-11-33(28)43(40)45-44(34)39/h1-26,35-36H. The number of rotatable bonds is 2. The van der Waals surface area contributed by atoms with Gasteiger partial charge in [-0.2, -0.15) is 0 Å². The van der Waals surface area contributed by atoms with Crippen LogP contribution in [0.3, 0.4) is 0 Å². The summed E-state index contributed by atoms with van der Waals surface area (Å²) in [6, 6.07) is 49.9. The van der Waals surface area contributed by atoms with E-state index in [1.807, 2.05) is 11.3 Å². The summed E-state index contributed by atoms with van der Waals surface area (Å²) in [5, 5.41) is 7.91. The van der Waals surface area contributed by atoms with Crippen LogP contribution in [-0.4, -0.2) is 0 Å². The van der Waals surface area contributed by atoms with E-state index in [9.17, 15) is 0 Å². The lowest BCUT2D eigenvalue weighted by atomic mass is 9.69. The predicted molar refractivity (Wildman–Crippen MR) is 194 cm³/mol. The number of hydrogen-bond acceptors (Lipinski definition) is 1. The van der Waals surface area contributed by atoms with E-state index in [0.717, 1.165) is 0 Å². The highest BCUT2D eigenvalue weighted by Gasteiger charge is 2.32. The van der Waals surface area contributed by atoms with Crippen LogP contribution in [-0.2, 0) is 0 Å². The Morgan fingerprint density at radius 3 is 1.80 bits per heavy atom. The minimum absolute atomic E-state index is 0.315. The molecule has 0 N–H and O–H groups in total. The average Bonchev–Trinajstić information content (AvgIpc) is 3.51. The molecule has 45 heavy (non-hydrogen) atoms. The quantitative estimate of drug-likeness (QED) is 0.188. The maximum absolute atomic E-state index is 2.48. The van der Waals surface area contributed by atoms with Crippen molar-refractivity contribution >= 4 is 53.1 Å². The van der Waals surface area contributed by atoms with E-state index >= 15 is 0 Å². The Bertz CT molecular complexity index is 2560. The minimum Gasteiger partial charge on any atom is -0.134 e. The van der Waals surface area contributed by atoms with E-state index in [4.69, 9.17) is 0 Å². The first-order chi connectivity index (χ1) is 22.3. The molecule has 0 saturated heterocycles. The van der Waals surface area contributed by atoms with Crippen molar-refractivity contribution in [2.24, 2.45) is 0 Å². The largest absolute Gasteiger partial charge is 0.134 e. The second-order valence-electron chi connectivity index (χ2n) is 12.4. The maximum Gasteiger partial charge on any atom is 0.0434 e. The summed E-state index contributed by atoms with van der Waals surface area (Å²) in [5.74, 6) is 0.634. The molecule has 0 aliphatic heterocycles. The van der Waals surface area contributed by atoms with Gasteiger partial charge >= 0.3 is 0 Å². The number of hydrogen-bond donors (Lipinski definition) is 0. The minimum atomic E-state index is 0.315. The Hall–Kier alpha value is -5.24. The monoisotopic (exact) mass is 588 g/mol. The summed E-state index contributed by atoms with van der Waals surface area (Å²) in [6.45, 7) is 0. The summed E-state index contributed by atoms with van der Waals surface area (Å²) in [7, 11) is 0. The lowest BCUT2D eigenvalue weighted by Gasteiger charge is -2.34. The van der Waals surface area contributed by atoms with Crippen LogP contribution in [0.15, 0.2) is 158 Å². The Balaban J connectivity index is 1.13.